The van der Waals surface area contributed by atoms with Crippen molar-refractivity contribution in [3.63, 3.8) is 0 Å². The zero-order valence-electron chi connectivity index (χ0n) is 34.0. The van der Waals surface area contributed by atoms with E-state index in [0.717, 1.165) is 68.7 Å². The number of nitrogens with zero attached hydrogens (tertiary/aromatic N) is 2. The van der Waals surface area contributed by atoms with Crippen molar-refractivity contribution in [2.24, 2.45) is 0 Å². The topological polar surface area (TPSA) is 55.9 Å². The second kappa shape index (κ2) is 16.1. The number of hydrogen-bond acceptors (Lipinski definition) is 2. The van der Waals surface area contributed by atoms with Crippen LogP contribution in [0.25, 0.3) is 66.4 Å². The van der Waals surface area contributed by atoms with Gasteiger partial charge >= 0.3 is 0 Å². The summed E-state index contributed by atoms with van der Waals surface area (Å²) in [5.41, 5.74) is 16.5. The van der Waals surface area contributed by atoms with E-state index in [-0.39, 0.29) is 11.7 Å². The highest BCUT2D eigenvalue weighted by Crippen LogP contribution is 2.40. The van der Waals surface area contributed by atoms with Crippen molar-refractivity contribution in [1.29, 1.82) is 10.8 Å². The molecule has 4 nitrogen and oxygen atoms in total. The Hall–Kier alpha value is -7.82. The van der Waals surface area contributed by atoms with Gasteiger partial charge in [0.15, 0.2) is 0 Å². The summed E-state index contributed by atoms with van der Waals surface area (Å²) in [4.78, 5) is 1.81. The van der Waals surface area contributed by atoms with E-state index < -0.39 is 0 Å². The molecule has 8 aromatic carbocycles. The van der Waals surface area contributed by atoms with Crippen LogP contribution in [0.5, 0.6) is 0 Å². The van der Waals surface area contributed by atoms with Crippen molar-refractivity contribution in [3.8, 4) is 39.1 Å². The molecular weight excluding hydrogens is 741 g/mol. The Morgan fingerprint density at radius 1 is 0.426 bits per heavy atom. The normalized spacial score (nSPS) is 12.5. The number of aryl methyl sites for hydroxylation is 1. The fourth-order valence-electron chi connectivity index (χ4n) is 8.81. The highest BCUT2D eigenvalue weighted by atomic mass is 15.2. The largest absolute Gasteiger partial charge is 0.309 e. The first-order valence-electron chi connectivity index (χ1n) is 20.9. The maximum Gasteiger partial charge on any atom is 0.138 e. The summed E-state index contributed by atoms with van der Waals surface area (Å²) in [6.45, 7) is 2.11. The summed E-state index contributed by atoms with van der Waals surface area (Å²) in [6.07, 6.45) is 5.81. The first-order valence-corrected chi connectivity index (χ1v) is 20.9. The number of para-hydroxylation sites is 2. The number of benzene rings is 8. The number of aromatic nitrogens is 1. The molecule has 10 rings (SSSR count). The van der Waals surface area contributed by atoms with Gasteiger partial charge in [-0.25, -0.2) is 0 Å². The van der Waals surface area contributed by atoms with Crippen molar-refractivity contribution in [2.75, 3.05) is 0 Å². The van der Waals surface area contributed by atoms with E-state index in [9.17, 15) is 10.8 Å². The lowest BCUT2D eigenvalue weighted by Crippen LogP contribution is -2.36. The molecule has 0 radical (unpaired) electrons. The minimum atomic E-state index is 0.279. The van der Waals surface area contributed by atoms with Crippen LogP contribution in [0.3, 0.4) is 0 Å². The van der Waals surface area contributed by atoms with Gasteiger partial charge in [0.2, 0.25) is 0 Å². The van der Waals surface area contributed by atoms with Crippen LogP contribution < -0.4 is 0 Å². The first kappa shape index (κ1) is 37.5. The van der Waals surface area contributed by atoms with Gasteiger partial charge in [0, 0.05) is 33.3 Å². The van der Waals surface area contributed by atoms with Crippen LogP contribution >= 0.6 is 0 Å². The molecule has 0 amide bonds. The number of nitrogens with one attached hydrogen (secondary N) is 2. The highest BCUT2D eigenvalue weighted by molar-refractivity contribution is 6.14. The number of amidine groups is 2. The van der Waals surface area contributed by atoms with Crippen LogP contribution in [-0.4, -0.2) is 21.1 Å². The maximum atomic E-state index is 9.58. The van der Waals surface area contributed by atoms with Crippen LogP contribution in [0.1, 0.15) is 35.1 Å². The van der Waals surface area contributed by atoms with Crippen molar-refractivity contribution in [3.05, 3.63) is 240 Å². The Morgan fingerprint density at radius 2 is 0.885 bits per heavy atom. The Labute approximate surface area is 357 Å². The van der Waals surface area contributed by atoms with E-state index >= 15 is 0 Å². The zero-order chi connectivity index (χ0) is 41.3. The summed E-state index contributed by atoms with van der Waals surface area (Å²) in [7, 11) is 0. The first-order chi connectivity index (χ1) is 30.0. The molecule has 1 heterocycles. The Bertz CT molecular complexity index is 3100. The molecule has 0 atom stereocenters. The number of hydrogen-bond donors (Lipinski definition) is 2. The van der Waals surface area contributed by atoms with Crippen LogP contribution in [0.15, 0.2) is 218 Å². The minimum Gasteiger partial charge on any atom is -0.309 e. The van der Waals surface area contributed by atoms with E-state index in [1.807, 2.05) is 47.4 Å². The van der Waals surface area contributed by atoms with Gasteiger partial charge in [0.05, 0.1) is 11.0 Å². The molecule has 1 aliphatic carbocycles. The quantitative estimate of drug-likeness (QED) is 0.117. The molecule has 4 heteroatoms. The number of allylic oxidation sites excluding steroid dienone is 4. The third-order valence-electron chi connectivity index (χ3n) is 12.0. The van der Waals surface area contributed by atoms with Gasteiger partial charge < -0.3 is 4.57 Å². The van der Waals surface area contributed by atoms with Crippen molar-refractivity contribution in [1.82, 2.24) is 9.47 Å². The second-order valence-electron chi connectivity index (χ2n) is 15.7. The fourth-order valence-corrected chi connectivity index (χ4v) is 8.81. The summed E-state index contributed by atoms with van der Waals surface area (Å²) in [5.74, 6) is 0.569. The summed E-state index contributed by atoms with van der Waals surface area (Å²) >= 11 is 0. The second-order valence-corrected chi connectivity index (χ2v) is 15.7. The molecule has 1 aromatic heterocycles. The molecule has 9 aromatic rings. The van der Waals surface area contributed by atoms with Gasteiger partial charge in [-0.1, -0.05) is 188 Å². The minimum absolute atomic E-state index is 0.279. The third kappa shape index (κ3) is 7.08. The monoisotopic (exact) mass is 784 g/mol. The molecule has 0 aliphatic heterocycles. The van der Waals surface area contributed by atoms with Gasteiger partial charge in [-0.05, 0) is 94.6 Å². The van der Waals surface area contributed by atoms with Gasteiger partial charge in [-0.15, -0.1) is 0 Å². The molecule has 0 saturated heterocycles. The molecule has 0 fully saturated rings. The molecule has 0 bridgehead atoms. The molecule has 61 heavy (non-hydrogen) atoms. The number of fused-ring (bicyclic) bond motifs is 3. The Kier molecular flexibility index (Phi) is 9.88. The summed E-state index contributed by atoms with van der Waals surface area (Å²) in [6, 6.07) is 70.1. The molecule has 0 spiro atoms. The predicted molar refractivity (Wildman–Crippen MR) is 256 cm³/mol. The van der Waals surface area contributed by atoms with Crippen molar-refractivity contribution in [2.45, 2.75) is 19.8 Å². The fraction of sp³-hybridized carbons (Fsp3) is 0.0526. The summed E-state index contributed by atoms with van der Waals surface area (Å²) in [5, 5.41) is 21.5. The molecular formula is C57H44N4. The summed E-state index contributed by atoms with van der Waals surface area (Å²) < 4.78 is 2.36. The van der Waals surface area contributed by atoms with Gasteiger partial charge in [-0.3, -0.25) is 15.7 Å². The SMILES string of the molecule is Cc1ccc(C2=CC=C(N(C(=N)c3ccccc3)C(=N)c3ccc(-c4ccccc4-c4ccccc4-c4ccc(-n5c6ccccc6c6ccccc65)cc4)cc3)CC2)cc1. The zero-order valence-corrected chi connectivity index (χ0v) is 34.0. The smallest absolute Gasteiger partial charge is 0.138 e. The van der Waals surface area contributed by atoms with E-state index in [1.54, 1.807) is 0 Å². The van der Waals surface area contributed by atoms with Crippen LogP contribution in [0.4, 0.5) is 0 Å². The van der Waals surface area contributed by atoms with Crippen molar-refractivity contribution < 1.29 is 0 Å². The van der Waals surface area contributed by atoms with Gasteiger partial charge in [-0.2, -0.15) is 0 Å². The lowest BCUT2D eigenvalue weighted by atomic mass is 9.89. The maximum absolute atomic E-state index is 9.58. The molecule has 1 aliphatic rings. The average Bonchev–Trinajstić information content (AvgIpc) is 3.67. The van der Waals surface area contributed by atoms with Crippen LogP contribution in [0.2, 0.25) is 0 Å². The Morgan fingerprint density at radius 3 is 1.43 bits per heavy atom. The standard InChI is InChI=1S/C57H44N4/c1-39-23-25-40(26-24-39)41-31-35-47(36-32-41)61(56(58)44-13-3-2-4-14-44)57(59)45-29-27-42(28-30-45)48-15-5-7-17-50(48)51-18-8-6-16-49(51)43-33-37-46(38-34-43)60-54-21-11-9-19-52(54)53-20-10-12-22-55(53)60/h2-31,33-35,37-38,58-59H,32,36H2,1H3. The van der Waals surface area contributed by atoms with Gasteiger partial charge in [0.25, 0.3) is 0 Å². The highest BCUT2D eigenvalue weighted by Gasteiger charge is 2.24. The molecule has 0 unspecified atom stereocenters. The van der Waals surface area contributed by atoms with Gasteiger partial charge in [0.1, 0.15) is 11.7 Å². The van der Waals surface area contributed by atoms with E-state index in [0.29, 0.717) is 0 Å². The predicted octanol–water partition coefficient (Wildman–Crippen LogP) is 14.5. The lowest BCUT2D eigenvalue weighted by molar-refractivity contribution is 0.680. The lowest BCUT2D eigenvalue weighted by Gasteiger charge is -2.30. The van der Waals surface area contributed by atoms with E-state index in [4.69, 9.17) is 0 Å². The molecule has 2 N–H and O–H groups in total. The van der Waals surface area contributed by atoms with E-state index in [1.165, 1.54) is 38.5 Å². The third-order valence-corrected chi connectivity index (χ3v) is 12.0. The van der Waals surface area contributed by atoms with Crippen molar-refractivity contribution >= 4 is 39.1 Å². The molecule has 292 valence electrons. The average molecular weight is 785 g/mol. The van der Waals surface area contributed by atoms with E-state index in [2.05, 4.69) is 181 Å². The Balaban J connectivity index is 0.964. The molecule has 0 saturated carbocycles. The number of rotatable bonds is 8. The van der Waals surface area contributed by atoms with Crippen LogP contribution in [0, 0.1) is 17.7 Å². The van der Waals surface area contributed by atoms with Crippen LogP contribution in [-0.2, 0) is 0 Å².